The van der Waals surface area contributed by atoms with Crippen LogP contribution in [0.5, 0.6) is 11.5 Å². The van der Waals surface area contributed by atoms with Crippen LogP contribution < -0.4 is 15.0 Å². The van der Waals surface area contributed by atoms with Gasteiger partial charge in [0.25, 0.3) is 5.56 Å². The summed E-state index contributed by atoms with van der Waals surface area (Å²) in [7, 11) is 0. The Morgan fingerprint density at radius 1 is 1.31 bits per heavy atom. The lowest BCUT2D eigenvalue weighted by Crippen LogP contribution is -2.36. The molecule has 0 aliphatic carbocycles. The van der Waals surface area contributed by atoms with Crippen LogP contribution in [-0.2, 0) is 4.79 Å². The molecule has 0 bridgehead atoms. The van der Waals surface area contributed by atoms with Crippen molar-refractivity contribution in [1.29, 1.82) is 5.26 Å². The van der Waals surface area contributed by atoms with Gasteiger partial charge in [0.15, 0.2) is 5.75 Å². The summed E-state index contributed by atoms with van der Waals surface area (Å²) in [5.74, 6) is -0.0352. The number of carbonyl (C=O) groups is 1. The Kier molecular flexibility index (Phi) is 4.17. The molecule has 1 aromatic heterocycles. The number of rotatable bonds is 2. The first-order valence-corrected chi connectivity index (χ1v) is 8.10. The average molecular weight is 350 g/mol. The Morgan fingerprint density at radius 2 is 2.04 bits per heavy atom. The van der Waals surface area contributed by atoms with Crippen molar-refractivity contribution < 1.29 is 14.3 Å². The number of ether oxygens (including phenoxy) is 2. The maximum absolute atomic E-state index is 12.9. The SMILES string of the molecule is CC(=O)Oc1cccn(C2=C(C)C(C)(C)Oc3ccc(C#N)cc32)c1=O. The lowest BCUT2D eigenvalue weighted by molar-refractivity contribution is -0.132. The summed E-state index contributed by atoms with van der Waals surface area (Å²) in [5, 5.41) is 9.23. The van der Waals surface area contributed by atoms with Crippen molar-refractivity contribution >= 4 is 11.7 Å². The number of nitriles is 1. The summed E-state index contributed by atoms with van der Waals surface area (Å²) < 4.78 is 12.5. The monoisotopic (exact) mass is 350 g/mol. The molecule has 6 nitrogen and oxygen atoms in total. The van der Waals surface area contributed by atoms with Crippen molar-refractivity contribution in [3.05, 3.63) is 63.6 Å². The highest BCUT2D eigenvalue weighted by atomic mass is 16.5. The van der Waals surface area contributed by atoms with Crippen LogP contribution in [0.25, 0.3) is 5.70 Å². The lowest BCUT2D eigenvalue weighted by Gasteiger charge is -2.36. The second-order valence-corrected chi connectivity index (χ2v) is 6.55. The average Bonchev–Trinajstić information content (AvgIpc) is 2.58. The van der Waals surface area contributed by atoms with Crippen molar-refractivity contribution in [3.63, 3.8) is 0 Å². The molecule has 0 fully saturated rings. The zero-order chi connectivity index (χ0) is 19.1. The van der Waals surface area contributed by atoms with Gasteiger partial charge < -0.3 is 9.47 Å². The molecule has 0 saturated heterocycles. The largest absolute Gasteiger partial charge is 0.483 e. The third kappa shape index (κ3) is 2.88. The summed E-state index contributed by atoms with van der Waals surface area (Å²) in [4.78, 5) is 24.1. The first-order chi connectivity index (χ1) is 12.2. The highest BCUT2D eigenvalue weighted by Crippen LogP contribution is 2.41. The van der Waals surface area contributed by atoms with Crippen LogP contribution >= 0.6 is 0 Å². The quantitative estimate of drug-likeness (QED) is 0.778. The summed E-state index contributed by atoms with van der Waals surface area (Å²) in [6, 6.07) is 10.3. The Bertz CT molecular complexity index is 1040. The molecule has 0 amide bonds. The van der Waals surface area contributed by atoms with Crippen LogP contribution in [0.4, 0.5) is 0 Å². The van der Waals surface area contributed by atoms with Gasteiger partial charge in [0.2, 0.25) is 0 Å². The van der Waals surface area contributed by atoms with Gasteiger partial charge in [0.05, 0.1) is 17.3 Å². The van der Waals surface area contributed by atoms with E-state index in [2.05, 4.69) is 6.07 Å². The highest BCUT2D eigenvalue weighted by Gasteiger charge is 2.34. The van der Waals surface area contributed by atoms with Gasteiger partial charge in [-0.2, -0.15) is 5.26 Å². The van der Waals surface area contributed by atoms with Crippen LogP contribution in [0.15, 0.2) is 46.9 Å². The number of hydrogen-bond acceptors (Lipinski definition) is 5. The standard InChI is InChI=1S/C20H18N2O4/c1-12-18(22-9-5-6-17(19(22)24)25-13(2)23)15-10-14(11-21)7-8-16(15)26-20(12,3)4/h5-10H,1-4H3. The summed E-state index contributed by atoms with van der Waals surface area (Å²) >= 11 is 0. The molecule has 1 aliphatic rings. The van der Waals surface area contributed by atoms with E-state index in [1.165, 1.54) is 17.6 Å². The zero-order valence-corrected chi connectivity index (χ0v) is 15.0. The summed E-state index contributed by atoms with van der Waals surface area (Å²) in [6.07, 6.45) is 1.61. The fourth-order valence-electron chi connectivity index (χ4n) is 2.91. The Labute approximate surface area is 150 Å². The summed E-state index contributed by atoms with van der Waals surface area (Å²) in [6.45, 7) is 6.94. The zero-order valence-electron chi connectivity index (χ0n) is 15.0. The number of carbonyl (C=O) groups excluding carboxylic acids is 1. The number of pyridine rings is 1. The van der Waals surface area contributed by atoms with E-state index in [-0.39, 0.29) is 5.75 Å². The molecule has 3 rings (SSSR count). The molecule has 0 N–H and O–H groups in total. The van der Waals surface area contributed by atoms with Crippen LogP contribution in [-0.4, -0.2) is 16.1 Å². The normalized spacial score (nSPS) is 14.9. The van der Waals surface area contributed by atoms with Crippen molar-refractivity contribution in [3.8, 4) is 17.6 Å². The first kappa shape index (κ1) is 17.5. The van der Waals surface area contributed by atoms with E-state index in [9.17, 15) is 14.9 Å². The molecule has 1 aromatic carbocycles. The molecule has 0 spiro atoms. The molecule has 1 aliphatic heterocycles. The molecule has 2 heterocycles. The number of hydrogen-bond donors (Lipinski definition) is 0. The van der Waals surface area contributed by atoms with E-state index < -0.39 is 17.1 Å². The third-order valence-electron chi connectivity index (χ3n) is 4.39. The van der Waals surface area contributed by atoms with Crippen LogP contribution in [0.3, 0.4) is 0 Å². The minimum Gasteiger partial charge on any atom is -0.483 e. The van der Waals surface area contributed by atoms with Gasteiger partial charge in [-0.3, -0.25) is 14.2 Å². The maximum atomic E-state index is 12.9. The smallest absolute Gasteiger partial charge is 0.308 e. The van der Waals surface area contributed by atoms with Gasteiger partial charge in [0, 0.05) is 18.7 Å². The molecule has 6 heteroatoms. The van der Waals surface area contributed by atoms with E-state index in [0.29, 0.717) is 22.6 Å². The van der Waals surface area contributed by atoms with E-state index in [4.69, 9.17) is 9.47 Å². The van der Waals surface area contributed by atoms with Crippen LogP contribution in [0.2, 0.25) is 0 Å². The van der Waals surface area contributed by atoms with Crippen molar-refractivity contribution in [2.45, 2.75) is 33.3 Å². The molecule has 0 atom stereocenters. The Balaban J connectivity index is 2.31. The predicted molar refractivity (Wildman–Crippen MR) is 95.9 cm³/mol. The maximum Gasteiger partial charge on any atom is 0.308 e. The predicted octanol–water partition coefficient (Wildman–Crippen LogP) is 3.10. The van der Waals surface area contributed by atoms with E-state index >= 15 is 0 Å². The van der Waals surface area contributed by atoms with Gasteiger partial charge in [-0.05, 0) is 56.7 Å². The second-order valence-electron chi connectivity index (χ2n) is 6.55. The number of fused-ring (bicyclic) bond motifs is 1. The molecule has 0 saturated carbocycles. The minimum absolute atomic E-state index is 0.0532. The van der Waals surface area contributed by atoms with Gasteiger partial charge in [0.1, 0.15) is 11.4 Å². The highest BCUT2D eigenvalue weighted by molar-refractivity contribution is 5.77. The van der Waals surface area contributed by atoms with Gasteiger partial charge in [-0.25, -0.2) is 0 Å². The second kappa shape index (κ2) is 6.19. The van der Waals surface area contributed by atoms with E-state index in [1.807, 2.05) is 20.8 Å². The van der Waals surface area contributed by atoms with E-state index in [1.54, 1.807) is 30.5 Å². The lowest BCUT2D eigenvalue weighted by atomic mass is 9.90. The molecular formula is C20H18N2O4. The molecule has 0 radical (unpaired) electrons. The van der Waals surface area contributed by atoms with Gasteiger partial charge >= 0.3 is 5.97 Å². The van der Waals surface area contributed by atoms with Gasteiger partial charge in [-0.1, -0.05) is 0 Å². The molecular weight excluding hydrogens is 332 g/mol. The van der Waals surface area contributed by atoms with Crippen LogP contribution in [0.1, 0.15) is 38.8 Å². The van der Waals surface area contributed by atoms with E-state index in [0.717, 1.165) is 5.57 Å². The Morgan fingerprint density at radius 3 is 2.69 bits per heavy atom. The molecule has 2 aromatic rings. The topological polar surface area (TPSA) is 81.3 Å². The molecule has 26 heavy (non-hydrogen) atoms. The third-order valence-corrected chi connectivity index (χ3v) is 4.39. The number of aromatic nitrogens is 1. The fourth-order valence-corrected chi connectivity index (χ4v) is 2.91. The van der Waals surface area contributed by atoms with Crippen molar-refractivity contribution in [1.82, 2.24) is 4.57 Å². The molecule has 132 valence electrons. The van der Waals surface area contributed by atoms with Crippen molar-refractivity contribution in [2.75, 3.05) is 0 Å². The number of esters is 1. The molecule has 0 unspecified atom stereocenters. The Hall–Kier alpha value is -3.33. The minimum atomic E-state index is -0.645. The van der Waals surface area contributed by atoms with Gasteiger partial charge in [-0.15, -0.1) is 0 Å². The van der Waals surface area contributed by atoms with Crippen molar-refractivity contribution in [2.24, 2.45) is 0 Å². The first-order valence-electron chi connectivity index (χ1n) is 8.10. The summed E-state index contributed by atoms with van der Waals surface area (Å²) in [5.41, 5.74) is 1.44. The number of benzene rings is 1. The number of nitrogens with zero attached hydrogens (tertiary/aromatic N) is 2. The van der Waals surface area contributed by atoms with Crippen LogP contribution in [0, 0.1) is 11.3 Å². The fraction of sp³-hybridized carbons (Fsp3) is 0.250.